The summed E-state index contributed by atoms with van der Waals surface area (Å²) < 4.78 is 41.0. The number of alkyl halides is 3. The van der Waals surface area contributed by atoms with Crippen LogP contribution in [-0.4, -0.2) is 19.2 Å². The molecule has 0 aromatic heterocycles. The fourth-order valence-electron chi connectivity index (χ4n) is 0.724. The molecule has 0 saturated carbocycles. The molecule has 2 atom stereocenters. The Bertz CT molecular complexity index is 240. The van der Waals surface area contributed by atoms with E-state index in [1.165, 1.54) is 12.1 Å². The van der Waals surface area contributed by atoms with Gasteiger partial charge >= 0.3 is 0 Å². The lowest BCUT2D eigenvalue weighted by molar-refractivity contribution is -0.0148. The van der Waals surface area contributed by atoms with Crippen molar-refractivity contribution in [2.45, 2.75) is 12.5 Å². The van der Waals surface area contributed by atoms with Gasteiger partial charge in [0.05, 0.1) is 0 Å². The monoisotopic (exact) mass is 189 g/mol. The molecule has 0 heterocycles. The zero-order chi connectivity index (χ0) is 9.68. The molecule has 13 heavy (non-hydrogen) atoms. The minimum absolute atomic E-state index is 0.131. The highest BCUT2D eigenvalue weighted by Crippen LogP contribution is 2.14. The molecule has 0 bridgehead atoms. The summed E-state index contributed by atoms with van der Waals surface area (Å²) in [5.74, 6) is 0.131. The average Bonchev–Trinajstić information content (AvgIpc) is 2.18. The van der Waals surface area contributed by atoms with Crippen molar-refractivity contribution in [2.24, 2.45) is 0 Å². The van der Waals surface area contributed by atoms with Gasteiger partial charge < -0.3 is 4.74 Å². The highest BCUT2D eigenvalue weighted by Gasteiger charge is 2.21. The van der Waals surface area contributed by atoms with Gasteiger partial charge in [0.2, 0.25) is 0 Å². The SMILES string of the molecule is FCC(F)C(F)Oc1c[c]ccc1. The van der Waals surface area contributed by atoms with Crippen LogP contribution in [0, 0.1) is 6.07 Å². The summed E-state index contributed by atoms with van der Waals surface area (Å²) in [6, 6.07) is 8.54. The zero-order valence-corrected chi connectivity index (χ0v) is 6.71. The van der Waals surface area contributed by atoms with Gasteiger partial charge in [-0.2, -0.15) is 4.39 Å². The fourth-order valence-corrected chi connectivity index (χ4v) is 0.724. The lowest BCUT2D eigenvalue weighted by Crippen LogP contribution is -2.25. The number of ether oxygens (including phenoxy) is 1. The van der Waals surface area contributed by atoms with E-state index in [9.17, 15) is 13.2 Å². The summed E-state index contributed by atoms with van der Waals surface area (Å²) in [5, 5.41) is 0. The van der Waals surface area contributed by atoms with Gasteiger partial charge in [0.1, 0.15) is 12.4 Å². The van der Waals surface area contributed by atoms with E-state index in [0.29, 0.717) is 0 Å². The first-order chi connectivity index (χ1) is 6.24. The van der Waals surface area contributed by atoms with Crippen molar-refractivity contribution in [2.75, 3.05) is 6.67 Å². The Morgan fingerprint density at radius 2 is 2.23 bits per heavy atom. The third kappa shape index (κ3) is 2.97. The molecule has 0 saturated heterocycles. The van der Waals surface area contributed by atoms with Crippen LogP contribution in [0.3, 0.4) is 0 Å². The molecule has 4 heteroatoms. The van der Waals surface area contributed by atoms with Crippen molar-refractivity contribution in [3.63, 3.8) is 0 Å². The van der Waals surface area contributed by atoms with E-state index in [1.54, 1.807) is 12.1 Å². The van der Waals surface area contributed by atoms with Gasteiger partial charge in [-0.05, 0) is 18.2 Å². The van der Waals surface area contributed by atoms with Crippen molar-refractivity contribution < 1.29 is 17.9 Å². The summed E-state index contributed by atoms with van der Waals surface area (Å²) >= 11 is 0. The Morgan fingerprint density at radius 1 is 1.46 bits per heavy atom. The Labute approximate surface area is 74.1 Å². The predicted octanol–water partition coefficient (Wildman–Crippen LogP) is 2.47. The van der Waals surface area contributed by atoms with Crippen LogP contribution in [0.4, 0.5) is 13.2 Å². The Hall–Kier alpha value is -1.19. The third-order valence-corrected chi connectivity index (χ3v) is 1.36. The molecule has 0 aliphatic heterocycles. The first kappa shape index (κ1) is 9.89. The van der Waals surface area contributed by atoms with Crippen LogP contribution in [0.1, 0.15) is 0 Å². The summed E-state index contributed by atoms with van der Waals surface area (Å²) in [6.45, 7) is -1.39. The van der Waals surface area contributed by atoms with Gasteiger partial charge in [-0.25, -0.2) is 8.78 Å². The van der Waals surface area contributed by atoms with Gasteiger partial charge in [0, 0.05) is 0 Å². The number of halogens is 3. The number of rotatable bonds is 4. The second kappa shape index (κ2) is 4.74. The van der Waals surface area contributed by atoms with E-state index in [4.69, 9.17) is 0 Å². The molecule has 1 aromatic rings. The lowest BCUT2D eigenvalue weighted by Gasteiger charge is -2.12. The minimum atomic E-state index is -2.26. The number of hydrogen-bond donors (Lipinski definition) is 0. The second-order valence-corrected chi connectivity index (χ2v) is 2.38. The molecule has 0 N–H and O–H groups in total. The molecule has 1 rings (SSSR count). The van der Waals surface area contributed by atoms with Crippen LogP contribution in [0.15, 0.2) is 24.3 Å². The predicted molar refractivity (Wildman–Crippen MR) is 41.7 cm³/mol. The van der Waals surface area contributed by atoms with Gasteiger partial charge in [-0.1, -0.05) is 12.1 Å². The molecule has 0 fully saturated rings. The molecular formula is C9H8F3O. The van der Waals surface area contributed by atoms with Crippen molar-refractivity contribution in [1.82, 2.24) is 0 Å². The van der Waals surface area contributed by atoms with Crippen LogP contribution in [0.2, 0.25) is 0 Å². The smallest absolute Gasteiger partial charge is 0.271 e. The fraction of sp³-hybridized carbons (Fsp3) is 0.333. The van der Waals surface area contributed by atoms with Gasteiger partial charge in [-0.15, -0.1) is 0 Å². The normalized spacial score (nSPS) is 15.0. The van der Waals surface area contributed by atoms with E-state index in [-0.39, 0.29) is 5.75 Å². The van der Waals surface area contributed by atoms with E-state index in [2.05, 4.69) is 10.8 Å². The maximum Gasteiger partial charge on any atom is 0.271 e. The molecular weight excluding hydrogens is 181 g/mol. The quantitative estimate of drug-likeness (QED) is 0.706. The van der Waals surface area contributed by atoms with Crippen molar-refractivity contribution in [3.05, 3.63) is 30.3 Å². The van der Waals surface area contributed by atoms with Crippen LogP contribution >= 0.6 is 0 Å². The Balaban J connectivity index is 2.50. The first-order valence-electron chi connectivity index (χ1n) is 3.71. The average molecular weight is 189 g/mol. The summed E-state index contributed by atoms with van der Waals surface area (Å²) in [6.07, 6.45) is -4.50. The van der Waals surface area contributed by atoms with Crippen LogP contribution < -0.4 is 4.74 Å². The third-order valence-electron chi connectivity index (χ3n) is 1.36. The molecule has 1 aromatic carbocycles. The summed E-state index contributed by atoms with van der Waals surface area (Å²) in [4.78, 5) is 0. The first-order valence-corrected chi connectivity index (χ1v) is 3.71. The van der Waals surface area contributed by atoms with Crippen molar-refractivity contribution >= 4 is 0 Å². The molecule has 0 aliphatic rings. The number of hydrogen-bond acceptors (Lipinski definition) is 1. The highest BCUT2D eigenvalue weighted by molar-refractivity contribution is 5.20. The summed E-state index contributed by atoms with van der Waals surface area (Å²) in [7, 11) is 0. The molecule has 0 aliphatic carbocycles. The highest BCUT2D eigenvalue weighted by atomic mass is 19.2. The maximum absolute atomic E-state index is 12.6. The number of benzene rings is 1. The standard InChI is InChI=1S/C9H8F3O/c10-6-8(11)9(12)13-7-4-2-1-3-5-7/h1-2,4-5,8-9H,6H2. The van der Waals surface area contributed by atoms with E-state index >= 15 is 0 Å². The molecule has 2 unspecified atom stereocenters. The molecule has 0 spiro atoms. The molecule has 71 valence electrons. The van der Waals surface area contributed by atoms with Crippen molar-refractivity contribution in [1.29, 1.82) is 0 Å². The topological polar surface area (TPSA) is 9.23 Å². The van der Waals surface area contributed by atoms with Gasteiger partial charge in [0.15, 0.2) is 6.17 Å². The van der Waals surface area contributed by atoms with Crippen LogP contribution in [0.25, 0.3) is 0 Å². The van der Waals surface area contributed by atoms with Gasteiger partial charge in [0.25, 0.3) is 6.36 Å². The largest absolute Gasteiger partial charge is 0.457 e. The molecule has 0 amide bonds. The zero-order valence-electron chi connectivity index (χ0n) is 6.71. The van der Waals surface area contributed by atoms with E-state index in [0.717, 1.165) is 0 Å². The second-order valence-electron chi connectivity index (χ2n) is 2.38. The van der Waals surface area contributed by atoms with Crippen molar-refractivity contribution in [3.8, 4) is 5.75 Å². The van der Waals surface area contributed by atoms with Gasteiger partial charge in [-0.3, -0.25) is 0 Å². The maximum atomic E-state index is 12.6. The Morgan fingerprint density at radius 3 is 2.77 bits per heavy atom. The summed E-state index contributed by atoms with van der Waals surface area (Å²) in [5.41, 5.74) is 0. The van der Waals surface area contributed by atoms with E-state index < -0.39 is 19.2 Å². The van der Waals surface area contributed by atoms with E-state index in [1.807, 2.05) is 0 Å². The van der Waals surface area contributed by atoms with Crippen LogP contribution in [-0.2, 0) is 0 Å². The Kier molecular flexibility index (Phi) is 3.61. The van der Waals surface area contributed by atoms with Crippen LogP contribution in [0.5, 0.6) is 5.75 Å². The molecule has 1 nitrogen and oxygen atoms in total. The lowest BCUT2D eigenvalue weighted by atomic mass is 10.3. The minimum Gasteiger partial charge on any atom is -0.457 e. The molecule has 1 radical (unpaired) electrons.